The van der Waals surface area contributed by atoms with E-state index in [1.54, 1.807) is 6.20 Å². The zero-order valence-corrected chi connectivity index (χ0v) is 12.4. The van der Waals surface area contributed by atoms with Crippen molar-refractivity contribution in [3.63, 3.8) is 0 Å². The summed E-state index contributed by atoms with van der Waals surface area (Å²) in [5.74, 6) is -0.497. The molecule has 7 heteroatoms. The fourth-order valence-corrected chi connectivity index (χ4v) is 3.42. The molecule has 104 valence electrons. The molecule has 0 aliphatic carbocycles. The molecular weight excluding hydrogens is 277 g/mol. The van der Waals surface area contributed by atoms with Gasteiger partial charge in [-0.15, -0.1) is 0 Å². The van der Waals surface area contributed by atoms with Gasteiger partial charge in [0.25, 0.3) is 5.69 Å². The topological polar surface area (TPSA) is 68.9 Å². The lowest BCUT2D eigenvalue weighted by Crippen LogP contribution is -2.39. The Morgan fingerprint density at radius 1 is 1.15 bits per heavy atom. The van der Waals surface area contributed by atoms with Gasteiger partial charge in [0.1, 0.15) is 5.82 Å². The van der Waals surface area contributed by atoms with Gasteiger partial charge in [-0.3, -0.25) is 10.1 Å². The standard InChI is InChI=1S/C13H14FN3O2Si/c1-20(2,3)13-8-16-15-7-11(13)10-6-9(17(18)19)4-5-12(10)14/h4-8H,1-3H3. The molecule has 0 unspecified atom stereocenters. The number of hydrogen-bond acceptors (Lipinski definition) is 4. The lowest BCUT2D eigenvalue weighted by atomic mass is 10.1. The molecule has 0 saturated heterocycles. The quantitative estimate of drug-likeness (QED) is 0.495. The molecule has 20 heavy (non-hydrogen) atoms. The number of rotatable bonds is 3. The Hall–Kier alpha value is -2.15. The van der Waals surface area contributed by atoms with E-state index in [0.717, 1.165) is 17.3 Å². The van der Waals surface area contributed by atoms with Gasteiger partial charge in [0, 0.05) is 29.5 Å². The van der Waals surface area contributed by atoms with Crippen LogP contribution in [-0.2, 0) is 0 Å². The number of nitrogens with zero attached hydrogens (tertiary/aromatic N) is 3. The highest BCUT2D eigenvalue weighted by Crippen LogP contribution is 2.26. The van der Waals surface area contributed by atoms with Crippen LogP contribution in [0.15, 0.2) is 30.6 Å². The van der Waals surface area contributed by atoms with Gasteiger partial charge in [0.15, 0.2) is 0 Å². The molecule has 2 aromatic rings. The van der Waals surface area contributed by atoms with Crippen LogP contribution in [0.2, 0.25) is 19.6 Å². The van der Waals surface area contributed by atoms with Crippen molar-refractivity contribution >= 4 is 18.9 Å². The van der Waals surface area contributed by atoms with Crippen LogP contribution in [-0.4, -0.2) is 23.2 Å². The fraction of sp³-hybridized carbons (Fsp3) is 0.231. The van der Waals surface area contributed by atoms with Crippen LogP contribution in [0.5, 0.6) is 0 Å². The molecule has 0 N–H and O–H groups in total. The number of nitro benzene ring substituents is 1. The molecule has 0 aliphatic heterocycles. The molecular formula is C13H14FN3O2Si. The summed E-state index contributed by atoms with van der Waals surface area (Å²) in [6, 6.07) is 3.51. The number of halogens is 1. The number of nitro groups is 1. The maximum absolute atomic E-state index is 14.0. The number of benzene rings is 1. The lowest BCUT2D eigenvalue weighted by molar-refractivity contribution is -0.384. The molecule has 0 aliphatic rings. The summed E-state index contributed by atoms with van der Waals surface area (Å²) in [6.45, 7) is 6.30. The van der Waals surface area contributed by atoms with E-state index in [-0.39, 0.29) is 11.3 Å². The molecule has 0 fully saturated rings. The van der Waals surface area contributed by atoms with E-state index in [9.17, 15) is 14.5 Å². The first kappa shape index (κ1) is 14.3. The van der Waals surface area contributed by atoms with Gasteiger partial charge in [-0.25, -0.2) is 4.39 Å². The smallest absolute Gasteiger partial charge is 0.258 e. The third kappa shape index (κ3) is 2.72. The van der Waals surface area contributed by atoms with E-state index in [1.807, 2.05) is 0 Å². The van der Waals surface area contributed by atoms with Crippen molar-refractivity contribution in [1.82, 2.24) is 10.2 Å². The van der Waals surface area contributed by atoms with Crippen LogP contribution in [0, 0.1) is 15.9 Å². The summed E-state index contributed by atoms with van der Waals surface area (Å²) in [4.78, 5) is 10.3. The summed E-state index contributed by atoms with van der Waals surface area (Å²) < 4.78 is 14.0. The normalized spacial score (nSPS) is 11.4. The first-order valence-electron chi connectivity index (χ1n) is 6.06. The molecule has 0 saturated carbocycles. The van der Waals surface area contributed by atoms with Crippen LogP contribution < -0.4 is 5.19 Å². The second-order valence-corrected chi connectivity index (χ2v) is 10.5. The predicted octanol–water partition coefficient (Wildman–Crippen LogP) is 2.74. The van der Waals surface area contributed by atoms with Gasteiger partial charge in [-0.05, 0) is 11.3 Å². The molecule has 2 rings (SSSR count). The monoisotopic (exact) mass is 291 g/mol. The van der Waals surface area contributed by atoms with Crippen LogP contribution >= 0.6 is 0 Å². The van der Waals surface area contributed by atoms with Crippen LogP contribution in [0.25, 0.3) is 11.1 Å². The maximum atomic E-state index is 14.0. The predicted molar refractivity (Wildman–Crippen MR) is 77.1 cm³/mol. The van der Waals surface area contributed by atoms with Crippen molar-refractivity contribution in [2.24, 2.45) is 0 Å². The number of aromatic nitrogens is 2. The van der Waals surface area contributed by atoms with Crippen LogP contribution in [0.3, 0.4) is 0 Å². The minimum absolute atomic E-state index is 0.139. The number of hydrogen-bond donors (Lipinski definition) is 0. The largest absolute Gasteiger partial charge is 0.270 e. The van der Waals surface area contributed by atoms with Gasteiger partial charge < -0.3 is 0 Å². The van der Waals surface area contributed by atoms with Crippen LogP contribution in [0.1, 0.15) is 0 Å². The van der Waals surface area contributed by atoms with Crippen molar-refractivity contribution in [1.29, 1.82) is 0 Å². The summed E-state index contributed by atoms with van der Waals surface area (Å²) in [6.07, 6.45) is 3.09. The molecule has 0 bridgehead atoms. The van der Waals surface area contributed by atoms with Crippen molar-refractivity contribution < 1.29 is 9.31 Å². The van der Waals surface area contributed by atoms with E-state index in [2.05, 4.69) is 29.8 Å². The maximum Gasteiger partial charge on any atom is 0.270 e. The van der Waals surface area contributed by atoms with E-state index in [4.69, 9.17) is 0 Å². The first-order chi connectivity index (χ1) is 9.30. The summed E-state index contributed by atoms with van der Waals surface area (Å²) in [5.41, 5.74) is 0.645. The highest BCUT2D eigenvalue weighted by atomic mass is 28.3. The Labute approximate surface area is 116 Å². The highest BCUT2D eigenvalue weighted by Gasteiger charge is 2.24. The van der Waals surface area contributed by atoms with Crippen molar-refractivity contribution in [3.8, 4) is 11.1 Å². The third-order valence-corrected chi connectivity index (χ3v) is 5.00. The second-order valence-electron chi connectivity index (χ2n) is 5.49. The minimum Gasteiger partial charge on any atom is -0.258 e. The van der Waals surface area contributed by atoms with E-state index in [0.29, 0.717) is 5.56 Å². The Morgan fingerprint density at radius 3 is 2.40 bits per heavy atom. The average Bonchev–Trinajstić information content (AvgIpc) is 2.38. The van der Waals surface area contributed by atoms with Crippen molar-refractivity contribution in [2.75, 3.05) is 0 Å². The highest BCUT2D eigenvalue weighted by molar-refractivity contribution is 6.89. The first-order valence-corrected chi connectivity index (χ1v) is 9.56. The Kier molecular flexibility index (Phi) is 3.62. The van der Waals surface area contributed by atoms with Gasteiger partial charge in [-0.1, -0.05) is 19.6 Å². The van der Waals surface area contributed by atoms with Gasteiger partial charge in [0.2, 0.25) is 0 Å². The Morgan fingerprint density at radius 2 is 1.80 bits per heavy atom. The molecule has 1 heterocycles. The van der Waals surface area contributed by atoms with Crippen LogP contribution in [0.4, 0.5) is 10.1 Å². The van der Waals surface area contributed by atoms with Gasteiger partial charge in [-0.2, -0.15) is 10.2 Å². The summed E-state index contributed by atoms with van der Waals surface area (Å²) >= 11 is 0. The zero-order valence-electron chi connectivity index (χ0n) is 11.4. The Bertz CT molecular complexity index is 671. The third-order valence-electron chi connectivity index (χ3n) is 2.99. The minimum atomic E-state index is -1.77. The number of non-ortho nitro benzene ring substituents is 1. The van der Waals surface area contributed by atoms with E-state index < -0.39 is 18.8 Å². The summed E-state index contributed by atoms with van der Waals surface area (Å²) in [5, 5.41) is 19.4. The molecule has 1 aromatic carbocycles. The van der Waals surface area contributed by atoms with E-state index in [1.165, 1.54) is 12.3 Å². The Balaban J connectivity index is 2.69. The van der Waals surface area contributed by atoms with Gasteiger partial charge in [0.05, 0.1) is 19.2 Å². The molecule has 0 atom stereocenters. The molecule has 1 aromatic heterocycles. The van der Waals surface area contributed by atoms with E-state index >= 15 is 0 Å². The van der Waals surface area contributed by atoms with Crippen molar-refractivity contribution in [3.05, 3.63) is 46.5 Å². The lowest BCUT2D eigenvalue weighted by Gasteiger charge is -2.19. The zero-order chi connectivity index (χ0) is 14.9. The fourth-order valence-electron chi connectivity index (χ4n) is 1.97. The van der Waals surface area contributed by atoms with Crippen molar-refractivity contribution in [2.45, 2.75) is 19.6 Å². The molecule has 0 radical (unpaired) electrons. The second kappa shape index (κ2) is 5.08. The van der Waals surface area contributed by atoms with Gasteiger partial charge >= 0.3 is 0 Å². The molecule has 0 spiro atoms. The molecule has 5 nitrogen and oxygen atoms in total. The average molecular weight is 291 g/mol. The molecule has 0 amide bonds. The summed E-state index contributed by atoms with van der Waals surface area (Å²) in [7, 11) is -1.77. The SMILES string of the molecule is C[Si](C)(C)c1cnncc1-c1cc([N+](=O)[O-])ccc1F.